The van der Waals surface area contributed by atoms with Crippen molar-refractivity contribution in [2.45, 2.75) is 6.54 Å². The average molecular weight is 281 g/mol. The number of rotatable bonds is 3. The fourth-order valence-corrected chi connectivity index (χ4v) is 1.77. The van der Waals surface area contributed by atoms with E-state index in [1.165, 1.54) is 6.07 Å². The Bertz CT molecular complexity index is 488. The maximum atomic E-state index is 13.3. The van der Waals surface area contributed by atoms with Crippen molar-refractivity contribution in [3.63, 3.8) is 0 Å². The van der Waals surface area contributed by atoms with Gasteiger partial charge in [0.15, 0.2) is 0 Å². The number of nitrogens with zero attached hydrogens (tertiary/aromatic N) is 1. The fourth-order valence-electron chi connectivity index (χ4n) is 1.35. The molecule has 0 saturated heterocycles. The summed E-state index contributed by atoms with van der Waals surface area (Å²) in [7, 11) is 0. The van der Waals surface area contributed by atoms with Gasteiger partial charge in [0.2, 0.25) is 0 Å². The molecular formula is C12H10BrFN2. The van der Waals surface area contributed by atoms with Crippen molar-refractivity contribution in [1.29, 1.82) is 0 Å². The quantitative estimate of drug-likeness (QED) is 0.929. The van der Waals surface area contributed by atoms with E-state index in [1.54, 1.807) is 30.6 Å². The Morgan fingerprint density at radius 3 is 2.81 bits per heavy atom. The van der Waals surface area contributed by atoms with Crippen LogP contribution in [0.3, 0.4) is 0 Å². The number of anilines is 1. The van der Waals surface area contributed by atoms with Gasteiger partial charge in [-0.25, -0.2) is 4.39 Å². The van der Waals surface area contributed by atoms with Crippen molar-refractivity contribution < 1.29 is 4.39 Å². The third kappa shape index (κ3) is 2.79. The minimum absolute atomic E-state index is 0.245. The molecule has 1 aromatic heterocycles. The van der Waals surface area contributed by atoms with E-state index in [2.05, 4.69) is 26.2 Å². The van der Waals surface area contributed by atoms with Gasteiger partial charge in [-0.05, 0) is 39.7 Å². The molecule has 0 fully saturated rings. The van der Waals surface area contributed by atoms with Gasteiger partial charge in [0, 0.05) is 23.4 Å². The van der Waals surface area contributed by atoms with Crippen LogP contribution in [-0.2, 0) is 6.54 Å². The smallest absolute Gasteiger partial charge is 0.146 e. The molecule has 2 nitrogen and oxygen atoms in total. The first-order valence-electron chi connectivity index (χ1n) is 4.83. The van der Waals surface area contributed by atoms with E-state index < -0.39 is 0 Å². The van der Waals surface area contributed by atoms with Gasteiger partial charge in [-0.2, -0.15) is 0 Å². The van der Waals surface area contributed by atoms with Crippen LogP contribution >= 0.6 is 15.9 Å². The number of halogens is 2. The summed E-state index contributed by atoms with van der Waals surface area (Å²) in [5, 5.41) is 3.02. The predicted molar refractivity (Wildman–Crippen MR) is 65.7 cm³/mol. The van der Waals surface area contributed by atoms with Crippen LogP contribution in [0.5, 0.6) is 0 Å². The number of nitrogens with one attached hydrogen (secondary N) is 1. The summed E-state index contributed by atoms with van der Waals surface area (Å²) in [4.78, 5) is 4.04. The van der Waals surface area contributed by atoms with Gasteiger partial charge >= 0.3 is 0 Å². The Kier molecular flexibility index (Phi) is 3.51. The second-order valence-corrected chi connectivity index (χ2v) is 4.26. The highest BCUT2D eigenvalue weighted by Gasteiger charge is 2.00. The molecule has 2 aromatic rings. The molecular weight excluding hydrogens is 271 g/mol. The molecule has 0 radical (unpaired) electrons. The van der Waals surface area contributed by atoms with E-state index in [0.717, 1.165) is 10.0 Å². The Morgan fingerprint density at radius 2 is 2.06 bits per heavy atom. The molecule has 0 bridgehead atoms. The minimum atomic E-state index is -0.245. The van der Waals surface area contributed by atoms with Crippen LogP contribution in [0.1, 0.15) is 5.56 Å². The summed E-state index contributed by atoms with van der Waals surface area (Å²) in [6.45, 7) is 0.549. The molecule has 0 spiro atoms. The summed E-state index contributed by atoms with van der Waals surface area (Å²) in [6, 6.07) is 8.55. The van der Waals surface area contributed by atoms with Gasteiger partial charge in [0.1, 0.15) is 5.82 Å². The molecule has 1 N–H and O–H groups in total. The Balaban J connectivity index is 2.05. The first-order valence-corrected chi connectivity index (χ1v) is 5.63. The minimum Gasteiger partial charge on any atom is -0.379 e. The first-order chi connectivity index (χ1) is 7.75. The molecule has 16 heavy (non-hydrogen) atoms. The molecule has 0 amide bonds. The van der Waals surface area contributed by atoms with E-state index in [4.69, 9.17) is 0 Å². The topological polar surface area (TPSA) is 24.9 Å². The average Bonchev–Trinajstić information content (AvgIpc) is 2.28. The molecule has 1 aromatic carbocycles. The molecule has 4 heteroatoms. The number of hydrogen-bond donors (Lipinski definition) is 1. The lowest BCUT2D eigenvalue weighted by atomic mass is 10.2. The summed E-state index contributed by atoms with van der Waals surface area (Å²) >= 11 is 3.34. The lowest BCUT2D eigenvalue weighted by Crippen LogP contribution is -2.01. The summed E-state index contributed by atoms with van der Waals surface area (Å²) < 4.78 is 14.2. The SMILES string of the molecule is Fc1ccccc1NCc1cncc(Br)c1. The molecule has 0 unspecified atom stereocenters. The van der Waals surface area contributed by atoms with E-state index in [0.29, 0.717) is 12.2 Å². The van der Waals surface area contributed by atoms with E-state index in [-0.39, 0.29) is 5.82 Å². The zero-order valence-electron chi connectivity index (χ0n) is 8.45. The number of aromatic nitrogens is 1. The number of pyridine rings is 1. The van der Waals surface area contributed by atoms with Crippen LogP contribution in [0, 0.1) is 5.82 Å². The number of para-hydroxylation sites is 1. The van der Waals surface area contributed by atoms with Gasteiger partial charge < -0.3 is 5.32 Å². The summed E-state index contributed by atoms with van der Waals surface area (Å²) in [5.41, 5.74) is 1.50. The van der Waals surface area contributed by atoms with Crippen LogP contribution < -0.4 is 5.32 Å². The molecule has 82 valence electrons. The lowest BCUT2D eigenvalue weighted by Gasteiger charge is -2.07. The maximum Gasteiger partial charge on any atom is 0.146 e. The van der Waals surface area contributed by atoms with Crippen LogP contribution in [0.2, 0.25) is 0 Å². The maximum absolute atomic E-state index is 13.3. The monoisotopic (exact) mass is 280 g/mol. The summed E-state index contributed by atoms with van der Waals surface area (Å²) in [6.07, 6.45) is 3.46. The predicted octanol–water partition coefficient (Wildman–Crippen LogP) is 3.60. The fraction of sp³-hybridized carbons (Fsp3) is 0.0833. The van der Waals surface area contributed by atoms with Crippen molar-refractivity contribution >= 4 is 21.6 Å². The highest BCUT2D eigenvalue weighted by Crippen LogP contribution is 2.15. The standard InChI is InChI=1S/C12H10BrFN2/c13-10-5-9(6-15-8-10)7-16-12-4-2-1-3-11(12)14/h1-6,8,16H,7H2. The molecule has 0 atom stereocenters. The second kappa shape index (κ2) is 5.07. The summed E-state index contributed by atoms with van der Waals surface area (Å²) in [5.74, 6) is -0.245. The molecule has 0 aliphatic carbocycles. The normalized spacial score (nSPS) is 10.1. The van der Waals surface area contributed by atoms with Crippen molar-refractivity contribution in [2.24, 2.45) is 0 Å². The lowest BCUT2D eigenvalue weighted by molar-refractivity contribution is 0.630. The third-order valence-corrected chi connectivity index (χ3v) is 2.55. The highest BCUT2D eigenvalue weighted by atomic mass is 79.9. The largest absolute Gasteiger partial charge is 0.379 e. The molecule has 0 aliphatic heterocycles. The van der Waals surface area contributed by atoms with E-state index in [1.807, 2.05) is 6.07 Å². The van der Waals surface area contributed by atoms with Gasteiger partial charge in [0.05, 0.1) is 5.69 Å². The van der Waals surface area contributed by atoms with E-state index in [9.17, 15) is 4.39 Å². The molecule has 1 heterocycles. The molecule has 2 rings (SSSR count). The molecule has 0 aliphatic rings. The van der Waals surface area contributed by atoms with Gasteiger partial charge in [-0.3, -0.25) is 4.98 Å². The molecule has 0 saturated carbocycles. The van der Waals surface area contributed by atoms with Crippen LogP contribution in [0.15, 0.2) is 47.2 Å². The highest BCUT2D eigenvalue weighted by molar-refractivity contribution is 9.10. The van der Waals surface area contributed by atoms with Crippen LogP contribution in [0.4, 0.5) is 10.1 Å². The van der Waals surface area contributed by atoms with Crippen molar-refractivity contribution in [3.05, 3.63) is 58.6 Å². The Hall–Kier alpha value is -1.42. The third-order valence-electron chi connectivity index (χ3n) is 2.12. The van der Waals surface area contributed by atoms with Crippen molar-refractivity contribution in [1.82, 2.24) is 4.98 Å². The Labute approximate surface area is 102 Å². The number of benzene rings is 1. The van der Waals surface area contributed by atoms with Crippen molar-refractivity contribution in [3.8, 4) is 0 Å². The van der Waals surface area contributed by atoms with Gasteiger partial charge in [0.25, 0.3) is 0 Å². The van der Waals surface area contributed by atoms with Gasteiger partial charge in [-0.15, -0.1) is 0 Å². The van der Waals surface area contributed by atoms with Crippen molar-refractivity contribution in [2.75, 3.05) is 5.32 Å². The van der Waals surface area contributed by atoms with Crippen LogP contribution in [-0.4, -0.2) is 4.98 Å². The zero-order chi connectivity index (χ0) is 11.4. The number of hydrogen-bond acceptors (Lipinski definition) is 2. The van der Waals surface area contributed by atoms with Crippen LogP contribution in [0.25, 0.3) is 0 Å². The zero-order valence-corrected chi connectivity index (χ0v) is 10.0. The Morgan fingerprint density at radius 1 is 1.25 bits per heavy atom. The first kappa shape index (κ1) is 11.1. The van der Waals surface area contributed by atoms with Gasteiger partial charge in [-0.1, -0.05) is 12.1 Å². The second-order valence-electron chi connectivity index (χ2n) is 3.34. The van der Waals surface area contributed by atoms with E-state index >= 15 is 0 Å².